The molecule has 0 aromatic carbocycles. The van der Waals surface area contributed by atoms with E-state index in [1.54, 1.807) is 6.92 Å². The Balaban J connectivity index is 3.16. The van der Waals surface area contributed by atoms with Crippen LogP contribution in [-0.2, 0) is 9.53 Å². The highest BCUT2D eigenvalue weighted by Crippen LogP contribution is 2.04. The summed E-state index contributed by atoms with van der Waals surface area (Å²) in [5.41, 5.74) is 0. The number of Topliss-reactive ketones (excluding diaryl/α,β-unsaturated/α-hetero) is 1. The van der Waals surface area contributed by atoms with Crippen LogP contribution in [0.1, 0.15) is 33.6 Å². The van der Waals surface area contributed by atoms with Gasteiger partial charge in [-0.1, -0.05) is 20.3 Å². The summed E-state index contributed by atoms with van der Waals surface area (Å²) < 4.78 is 5.16. The molecule has 0 spiro atoms. The van der Waals surface area contributed by atoms with Crippen molar-refractivity contribution in [2.75, 3.05) is 13.2 Å². The van der Waals surface area contributed by atoms with Crippen molar-refractivity contribution in [3.05, 3.63) is 0 Å². The van der Waals surface area contributed by atoms with Gasteiger partial charge >= 0.3 is 0 Å². The highest BCUT2D eigenvalue weighted by molar-refractivity contribution is 5.76. The van der Waals surface area contributed by atoms with Crippen molar-refractivity contribution >= 4 is 5.78 Å². The second-order valence-corrected chi connectivity index (χ2v) is 3.11. The predicted octanol–water partition coefficient (Wildman–Crippen LogP) is 2.03. The summed E-state index contributed by atoms with van der Waals surface area (Å²) in [6.45, 7) is 6.83. The highest BCUT2D eigenvalue weighted by Gasteiger charge is 2.00. The maximum absolute atomic E-state index is 10.5. The normalized spacial score (nSPS) is 13.0. The average Bonchev–Trinajstić information content (AvgIpc) is 1.87. The third-order valence-electron chi connectivity index (χ3n) is 1.49. The molecule has 0 fully saturated rings. The van der Waals surface area contributed by atoms with Gasteiger partial charge in [-0.15, -0.1) is 0 Å². The molecule has 0 radical (unpaired) electrons. The van der Waals surface area contributed by atoms with Crippen molar-refractivity contribution in [1.29, 1.82) is 0 Å². The molecule has 0 aliphatic heterocycles. The molecule has 2 nitrogen and oxygen atoms in total. The van der Waals surface area contributed by atoms with Crippen LogP contribution < -0.4 is 0 Å². The molecule has 0 aromatic rings. The average molecular weight is 158 g/mol. The Labute approximate surface area is 68.9 Å². The Kier molecular flexibility index (Phi) is 6.13. The molecule has 0 aromatic heterocycles. The van der Waals surface area contributed by atoms with Crippen LogP contribution in [0.4, 0.5) is 0 Å². The van der Waals surface area contributed by atoms with E-state index in [1.807, 2.05) is 0 Å². The standard InChI is InChI=1S/C9H18O2/c1-4-5-8(2)6-11-7-9(3)10/h8H,4-7H2,1-3H3. The lowest BCUT2D eigenvalue weighted by atomic mass is 10.1. The molecule has 0 saturated carbocycles. The molecule has 2 heteroatoms. The molecule has 0 saturated heterocycles. The minimum Gasteiger partial charge on any atom is -0.373 e. The van der Waals surface area contributed by atoms with Gasteiger partial charge in [0.25, 0.3) is 0 Å². The van der Waals surface area contributed by atoms with E-state index in [0.717, 1.165) is 0 Å². The smallest absolute Gasteiger partial charge is 0.155 e. The molecule has 0 rings (SSSR count). The van der Waals surface area contributed by atoms with E-state index in [-0.39, 0.29) is 12.4 Å². The first-order chi connectivity index (χ1) is 5.16. The Hall–Kier alpha value is -0.370. The van der Waals surface area contributed by atoms with Gasteiger partial charge in [0.15, 0.2) is 5.78 Å². The van der Waals surface area contributed by atoms with E-state index in [0.29, 0.717) is 12.5 Å². The van der Waals surface area contributed by atoms with Gasteiger partial charge in [-0.3, -0.25) is 4.79 Å². The van der Waals surface area contributed by atoms with Gasteiger partial charge in [0.2, 0.25) is 0 Å². The Bertz CT molecular complexity index is 110. The van der Waals surface area contributed by atoms with Crippen molar-refractivity contribution in [3.8, 4) is 0 Å². The molecule has 66 valence electrons. The minimum absolute atomic E-state index is 0.105. The van der Waals surface area contributed by atoms with Crippen LogP contribution in [0.3, 0.4) is 0 Å². The van der Waals surface area contributed by atoms with Gasteiger partial charge in [-0.2, -0.15) is 0 Å². The first-order valence-electron chi connectivity index (χ1n) is 4.24. The van der Waals surface area contributed by atoms with Crippen molar-refractivity contribution in [3.63, 3.8) is 0 Å². The Morgan fingerprint density at radius 2 is 2.18 bits per heavy atom. The zero-order valence-electron chi connectivity index (χ0n) is 7.72. The quantitative estimate of drug-likeness (QED) is 0.591. The van der Waals surface area contributed by atoms with Crippen molar-refractivity contribution in [1.82, 2.24) is 0 Å². The van der Waals surface area contributed by atoms with E-state index < -0.39 is 0 Å². The van der Waals surface area contributed by atoms with Crippen LogP contribution >= 0.6 is 0 Å². The molecule has 0 aliphatic carbocycles. The molecule has 0 aliphatic rings. The van der Waals surface area contributed by atoms with E-state index in [2.05, 4.69) is 13.8 Å². The van der Waals surface area contributed by atoms with Crippen molar-refractivity contribution in [2.45, 2.75) is 33.6 Å². The number of rotatable bonds is 6. The molecule has 1 unspecified atom stereocenters. The van der Waals surface area contributed by atoms with Crippen LogP contribution in [0.25, 0.3) is 0 Å². The predicted molar refractivity (Wildman–Crippen MR) is 45.6 cm³/mol. The van der Waals surface area contributed by atoms with Gasteiger partial charge < -0.3 is 4.74 Å². The number of ether oxygens (including phenoxy) is 1. The molecular formula is C9H18O2. The van der Waals surface area contributed by atoms with Crippen LogP contribution in [0.15, 0.2) is 0 Å². The van der Waals surface area contributed by atoms with Crippen LogP contribution in [0.5, 0.6) is 0 Å². The van der Waals surface area contributed by atoms with E-state index in [1.165, 1.54) is 12.8 Å². The maximum atomic E-state index is 10.5. The molecule has 0 bridgehead atoms. The Morgan fingerprint density at radius 1 is 1.55 bits per heavy atom. The molecule has 0 amide bonds. The maximum Gasteiger partial charge on any atom is 0.155 e. The van der Waals surface area contributed by atoms with E-state index in [9.17, 15) is 4.79 Å². The van der Waals surface area contributed by atoms with Crippen LogP contribution in [0, 0.1) is 5.92 Å². The highest BCUT2D eigenvalue weighted by atomic mass is 16.5. The first-order valence-corrected chi connectivity index (χ1v) is 4.24. The van der Waals surface area contributed by atoms with E-state index >= 15 is 0 Å². The third kappa shape index (κ3) is 7.53. The second-order valence-electron chi connectivity index (χ2n) is 3.11. The minimum atomic E-state index is 0.105. The van der Waals surface area contributed by atoms with Gasteiger partial charge in [0, 0.05) is 6.61 Å². The number of carbonyl (C=O) groups is 1. The summed E-state index contributed by atoms with van der Waals surface area (Å²) in [7, 11) is 0. The fraction of sp³-hybridized carbons (Fsp3) is 0.889. The number of carbonyl (C=O) groups excluding carboxylic acids is 1. The van der Waals surface area contributed by atoms with Gasteiger partial charge in [-0.05, 0) is 19.3 Å². The lowest BCUT2D eigenvalue weighted by molar-refractivity contribution is -0.121. The summed E-state index contributed by atoms with van der Waals surface area (Å²) in [6.07, 6.45) is 2.36. The number of hydrogen-bond donors (Lipinski definition) is 0. The molecule has 11 heavy (non-hydrogen) atoms. The lowest BCUT2D eigenvalue weighted by Gasteiger charge is -2.08. The number of hydrogen-bond acceptors (Lipinski definition) is 2. The van der Waals surface area contributed by atoms with Crippen molar-refractivity contribution in [2.24, 2.45) is 5.92 Å². The van der Waals surface area contributed by atoms with Crippen LogP contribution in [-0.4, -0.2) is 19.0 Å². The summed E-state index contributed by atoms with van der Waals surface area (Å²) >= 11 is 0. The monoisotopic (exact) mass is 158 g/mol. The fourth-order valence-electron chi connectivity index (χ4n) is 0.980. The SMILES string of the molecule is CCCC(C)COCC(C)=O. The Morgan fingerprint density at radius 3 is 2.64 bits per heavy atom. The van der Waals surface area contributed by atoms with Crippen LogP contribution in [0.2, 0.25) is 0 Å². The topological polar surface area (TPSA) is 26.3 Å². The third-order valence-corrected chi connectivity index (χ3v) is 1.49. The summed E-state index contributed by atoms with van der Waals surface area (Å²) in [5, 5.41) is 0. The largest absolute Gasteiger partial charge is 0.373 e. The molecule has 0 heterocycles. The number of ketones is 1. The first kappa shape index (κ1) is 10.6. The second kappa shape index (κ2) is 6.35. The molecular weight excluding hydrogens is 140 g/mol. The van der Waals surface area contributed by atoms with Gasteiger partial charge in [-0.25, -0.2) is 0 Å². The summed E-state index contributed by atoms with van der Waals surface area (Å²) in [6, 6.07) is 0. The lowest BCUT2D eigenvalue weighted by Crippen LogP contribution is -2.10. The summed E-state index contributed by atoms with van der Waals surface area (Å²) in [5.74, 6) is 0.688. The van der Waals surface area contributed by atoms with Gasteiger partial charge in [0.1, 0.15) is 6.61 Å². The molecule has 1 atom stereocenters. The summed E-state index contributed by atoms with van der Waals surface area (Å²) in [4.78, 5) is 10.5. The fourth-order valence-corrected chi connectivity index (χ4v) is 0.980. The van der Waals surface area contributed by atoms with E-state index in [4.69, 9.17) is 4.74 Å². The van der Waals surface area contributed by atoms with Crippen molar-refractivity contribution < 1.29 is 9.53 Å². The van der Waals surface area contributed by atoms with Gasteiger partial charge in [0.05, 0.1) is 0 Å². The zero-order valence-corrected chi connectivity index (χ0v) is 7.72. The zero-order chi connectivity index (χ0) is 8.69. The molecule has 0 N–H and O–H groups in total.